The van der Waals surface area contributed by atoms with Gasteiger partial charge in [0.25, 0.3) is 0 Å². The zero-order valence-corrected chi connectivity index (χ0v) is 19.7. The Morgan fingerprint density at radius 1 is 0.586 bits per heavy atom. The van der Waals surface area contributed by atoms with Crippen molar-refractivity contribution in [2.75, 3.05) is 26.4 Å². The molecule has 0 aromatic rings. The van der Waals surface area contributed by atoms with Crippen LogP contribution in [0.3, 0.4) is 0 Å². The summed E-state index contributed by atoms with van der Waals surface area (Å²) in [4.78, 5) is 0. The number of aliphatic hydroxyl groups is 2. The third-order valence-corrected chi connectivity index (χ3v) is 5.20. The molecule has 0 saturated carbocycles. The van der Waals surface area contributed by atoms with Crippen LogP contribution in [0.4, 0.5) is 0 Å². The highest BCUT2D eigenvalue weighted by Gasteiger charge is 2.11. The van der Waals surface area contributed by atoms with Crippen LogP contribution in [-0.2, 0) is 14.2 Å². The summed E-state index contributed by atoms with van der Waals surface area (Å²) in [5.41, 5.74) is 0. The van der Waals surface area contributed by atoms with Crippen LogP contribution in [0.2, 0.25) is 0 Å². The molecule has 0 aliphatic rings. The highest BCUT2D eigenvalue weighted by Crippen LogP contribution is 2.13. The predicted octanol–water partition coefficient (Wildman–Crippen LogP) is 5.26. The fourth-order valence-electron chi connectivity index (χ4n) is 3.15. The Bertz CT molecular complexity index is 326. The van der Waals surface area contributed by atoms with Crippen LogP contribution in [0.25, 0.3) is 0 Å². The summed E-state index contributed by atoms with van der Waals surface area (Å²) in [7, 11) is 0. The van der Waals surface area contributed by atoms with Crippen molar-refractivity contribution in [3.05, 3.63) is 0 Å². The van der Waals surface area contributed by atoms with E-state index in [1.54, 1.807) is 0 Å². The van der Waals surface area contributed by atoms with Crippen molar-refractivity contribution in [1.82, 2.24) is 0 Å². The monoisotopic (exact) mass is 418 g/mol. The summed E-state index contributed by atoms with van der Waals surface area (Å²) >= 11 is 0. The standard InChI is InChI=1S/C24H50O5/c1-5-6-7-8-9-10-11-12-13-14-15-16-24(26)20-29-23(4)19-28-22(3)18-27-21(2)17-25/h21-26H,5-20H2,1-4H3. The van der Waals surface area contributed by atoms with Crippen LogP contribution in [0, 0.1) is 0 Å². The molecule has 4 atom stereocenters. The van der Waals surface area contributed by atoms with Crippen LogP contribution in [-0.4, -0.2) is 61.1 Å². The van der Waals surface area contributed by atoms with Gasteiger partial charge in [0.05, 0.1) is 50.8 Å². The van der Waals surface area contributed by atoms with Gasteiger partial charge in [-0.25, -0.2) is 0 Å². The lowest BCUT2D eigenvalue weighted by atomic mass is 10.0. The Morgan fingerprint density at radius 3 is 1.48 bits per heavy atom. The van der Waals surface area contributed by atoms with Crippen LogP contribution < -0.4 is 0 Å². The average Bonchev–Trinajstić information content (AvgIpc) is 2.72. The van der Waals surface area contributed by atoms with Crippen molar-refractivity contribution < 1.29 is 24.4 Å². The lowest BCUT2D eigenvalue weighted by Gasteiger charge is -2.20. The van der Waals surface area contributed by atoms with E-state index in [0.29, 0.717) is 19.8 Å². The van der Waals surface area contributed by atoms with E-state index in [1.807, 2.05) is 20.8 Å². The maximum absolute atomic E-state index is 10.1. The van der Waals surface area contributed by atoms with Crippen molar-refractivity contribution in [3.63, 3.8) is 0 Å². The molecule has 5 nitrogen and oxygen atoms in total. The number of hydrogen-bond donors (Lipinski definition) is 2. The van der Waals surface area contributed by atoms with Crippen molar-refractivity contribution >= 4 is 0 Å². The minimum atomic E-state index is -0.387. The third kappa shape index (κ3) is 20.8. The van der Waals surface area contributed by atoms with Crippen molar-refractivity contribution in [1.29, 1.82) is 0 Å². The zero-order valence-electron chi connectivity index (χ0n) is 19.7. The van der Waals surface area contributed by atoms with Gasteiger partial charge >= 0.3 is 0 Å². The van der Waals surface area contributed by atoms with Gasteiger partial charge in [0.1, 0.15) is 0 Å². The lowest BCUT2D eigenvalue weighted by Crippen LogP contribution is -2.28. The van der Waals surface area contributed by atoms with E-state index >= 15 is 0 Å². The molecule has 0 aliphatic carbocycles. The van der Waals surface area contributed by atoms with Crippen molar-refractivity contribution in [3.8, 4) is 0 Å². The molecule has 176 valence electrons. The molecule has 0 bridgehead atoms. The van der Waals surface area contributed by atoms with Gasteiger partial charge in [-0.3, -0.25) is 0 Å². The van der Waals surface area contributed by atoms with Gasteiger partial charge in [-0.2, -0.15) is 0 Å². The molecule has 0 saturated heterocycles. The van der Waals surface area contributed by atoms with E-state index < -0.39 is 0 Å². The second-order valence-corrected chi connectivity index (χ2v) is 8.59. The third-order valence-electron chi connectivity index (χ3n) is 5.20. The fraction of sp³-hybridized carbons (Fsp3) is 1.00. The van der Waals surface area contributed by atoms with Crippen LogP contribution >= 0.6 is 0 Å². The number of rotatable bonds is 22. The van der Waals surface area contributed by atoms with E-state index in [4.69, 9.17) is 19.3 Å². The van der Waals surface area contributed by atoms with E-state index in [1.165, 1.54) is 64.2 Å². The van der Waals surface area contributed by atoms with E-state index in [0.717, 1.165) is 12.8 Å². The average molecular weight is 419 g/mol. The SMILES string of the molecule is CCCCCCCCCCCCCC(O)COC(C)COC(C)COC(C)CO. The highest BCUT2D eigenvalue weighted by atomic mass is 16.6. The minimum Gasteiger partial charge on any atom is -0.394 e. The molecular weight excluding hydrogens is 368 g/mol. The first kappa shape index (κ1) is 28.8. The first-order chi connectivity index (χ1) is 14.0. The molecule has 0 aliphatic heterocycles. The molecule has 0 fully saturated rings. The van der Waals surface area contributed by atoms with Gasteiger partial charge in [-0.15, -0.1) is 0 Å². The lowest BCUT2D eigenvalue weighted by molar-refractivity contribution is -0.0844. The van der Waals surface area contributed by atoms with Gasteiger partial charge in [0.2, 0.25) is 0 Å². The molecule has 0 radical (unpaired) electrons. The topological polar surface area (TPSA) is 68.2 Å². The van der Waals surface area contributed by atoms with Crippen LogP contribution in [0.1, 0.15) is 105 Å². The Hall–Kier alpha value is -0.200. The quantitative estimate of drug-likeness (QED) is 0.235. The molecular formula is C24H50O5. The normalized spacial score (nSPS) is 15.9. The Morgan fingerprint density at radius 2 is 1.00 bits per heavy atom. The Kier molecular flexibility index (Phi) is 20.9. The molecule has 0 spiro atoms. The minimum absolute atomic E-state index is 0.0171. The number of ether oxygens (including phenoxy) is 3. The number of hydrogen-bond acceptors (Lipinski definition) is 5. The number of unbranched alkanes of at least 4 members (excludes halogenated alkanes) is 10. The maximum Gasteiger partial charge on any atom is 0.0781 e. The van der Waals surface area contributed by atoms with E-state index in [2.05, 4.69) is 6.92 Å². The van der Waals surface area contributed by atoms with Crippen molar-refractivity contribution in [2.24, 2.45) is 0 Å². The van der Waals surface area contributed by atoms with Crippen LogP contribution in [0.15, 0.2) is 0 Å². The summed E-state index contributed by atoms with van der Waals surface area (Å²) in [5, 5.41) is 19.0. The van der Waals surface area contributed by atoms with Gasteiger partial charge in [0.15, 0.2) is 0 Å². The first-order valence-corrected chi connectivity index (χ1v) is 12.1. The van der Waals surface area contributed by atoms with E-state index in [-0.39, 0.29) is 31.0 Å². The van der Waals surface area contributed by atoms with Gasteiger partial charge in [0, 0.05) is 0 Å². The molecule has 0 rings (SSSR count). The molecule has 0 aromatic carbocycles. The summed E-state index contributed by atoms with van der Waals surface area (Å²) < 4.78 is 16.8. The van der Waals surface area contributed by atoms with Crippen molar-refractivity contribution in [2.45, 2.75) is 129 Å². The summed E-state index contributed by atoms with van der Waals surface area (Å²) in [6, 6.07) is 0. The molecule has 0 aromatic heterocycles. The molecule has 5 heteroatoms. The second kappa shape index (κ2) is 21.0. The largest absolute Gasteiger partial charge is 0.394 e. The molecule has 0 heterocycles. The highest BCUT2D eigenvalue weighted by molar-refractivity contribution is 4.59. The molecule has 4 unspecified atom stereocenters. The van der Waals surface area contributed by atoms with E-state index in [9.17, 15) is 5.11 Å². The van der Waals surface area contributed by atoms with Gasteiger partial charge in [-0.05, 0) is 27.2 Å². The Balaban J connectivity index is 3.44. The predicted molar refractivity (Wildman–Crippen MR) is 120 cm³/mol. The molecule has 0 amide bonds. The zero-order chi connectivity index (χ0) is 21.7. The Labute approximate surface area is 180 Å². The molecule has 29 heavy (non-hydrogen) atoms. The number of aliphatic hydroxyl groups excluding tert-OH is 2. The summed E-state index contributed by atoms with van der Waals surface area (Å²) in [6.07, 6.45) is 14.7. The molecule has 2 N–H and O–H groups in total. The van der Waals surface area contributed by atoms with Gasteiger partial charge in [-0.1, -0.05) is 77.6 Å². The summed E-state index contributed by atoms with van der Waals surface area (Å²) in [5.74, 6) is 0. The fourth-order valence-corrected chi connectivity index (χ4v) is 3.15. The first-order valence-electron chi connectivity index (χ1n) is 12.1. The second-order valence-electron chi connectivity index (χ2n) is 8.59. The summed E-state index contributed by atoms with van der Waals surface area (Å²) in [6.45, 7) is 9.31. The van der Waals surface area contributed by atoms with Gasteiger partial charge < -0.3 is 24.4 Å². The smallest absolute Gasteiger partial charge is 0.0781 e. The maximum atomic E-state index is 10.1. The van der Waals surface area contributed by atoms with Crippen LogP contribution in [0.5, 0.6) is 0 Å².